The van der Waals surface area contributed by atoms with E-state index in [1.54, 1.807) is 30.6 Å². The number of hydrogen-bond acceptors (Lipinski definition) is 2. The zero-order valence-corrected chi connectivity index (χ0v) is 11.1. The molecule has 1 aromatic heterocycles. The predicted octanol–water partition coefficient (Wildman–Crippen LogP) is 2.95. The molecule has 2 aromatic rings. The lowest BCUT2D eigenvalue weighted by Gasteiger charge is -2.14. The second-order valence-electron chi connectivity index (χ2n) is 4.33. The number of aromatic nitrogens is 1. The zero-order chi connectivity index (χ0) is 14.4. The number of nitrogens with one attached hydrogen (secondary N) is 2. The van der Waals surface area contributed by atoms with Crippen LogP contribution in [0.1, 0.15) is 24.1 Å². The Morgan fingerprint density at radius 1 is 1.30 bits per heavy atom. The number of nitrogens with zero attached hydrogens (tertiary/aromatic N) is 1. The van der Waals surface area contributed by atoms with Crippen LogP contribution in [0.4, 0.5) is 10.5 Å². The van der Waals surface area contributed by atoms with Crippen molar-refractivity contribution in [2.75, 3.05) is 5.32 Å². The van der Waals surface area contributed by atoms with E-state index in [1.807, 2.05) is 25.1 Å². The van der Waals surface area contributed by atoms with Crippen LogP contribution in [-0.2, 0) is 0 Å². The molecule has 0 radical (unpaired) electrons. The summed E-state index contributed by atoms with van der Waals surface area (Å²) in [7, 11) is 0. The van der Waals surface area contributed by atoms with Gasteiger partial charge in [-0.15, -0.1) is 6.42 Å². The van der Waals surface area contributed by atoms with Crippen LogP contribution in [0.15, 0.2) is 48.8 Å². The van der Waals surface area contributed by atoms with E-state index in [0.717, 1.165) is 11.1 Å². The van der Waals surface area contributed by atoms with Crippen LogP contribution in [-0.4, -0.2) is 11.0 Å². The number of amides is 2. The van der Waals surface area contributed by atoms with Gasteiger partial charge in [0.25, 0.3) is 0 Å². The van der Waals surface area contributed by atoms with Crippen molar-refractivity contribution in [1.29, 1.82) is 0 Å². The van der Waals surface area contributed by atoms with Crippen LogP contribution in [0, 0.1) is 12.3 Å². The third-order valence-electron chi connectivity index (χ3n) is 2.84. The van der Waals surface area contributed by atoms with Crippen molar-refractivity contribution in [2.45, 2.75) is 13.0 Å². The third kappa shape index (κ3) is 3.59. The molecule has 1 heterocycles. The van der Waals surface area contributed by atoms with Crippen molar-refractivity contribution in [1.82, 2.24) is 10.3 Å². The fourth-order valence-electron chi connectivity index (χ4n) is 1.79. The van der Waals surface area contributed by atoms with Gasteiger partial charge in [0.05, 0.1) is 6.04 Å². The quantitative estimate of drug-likeness (QED) is 0.838. The summed E-state index contributed by atoms with van der Waals surface area (Å²) in [5, 5.41) is 5.61. The van der Waals surface area contributed by atoms with Crippen molar-refractivity contribution in [3.05, 3.63) is 59.9 Å². The average molecular weight is 265 g/mol. The molecule has 1 atom stereocenters. The Labute approximate surface area is 118 Å². The van der Waals surface area contributed by atoms with Crippen LogP contribution in [0.2, 0.25) is 0 Å². The van der Waals surface area contributed by atoms with Crippen molar-refractivity contribution in [3.8, 4) is 12.3 Å². The molecule has 2 rings (SSSR count). The molecular weight excluding hydrogens is 250 g/mol. The van der Waals surface area contributed by atoms with Crippen molar-refractivity contribution in [3.63, 3.8) is 0 Å². The Morgan fingerprint density at radius 3 is 2.75 bits per heavy atom. The van der Waals surface area contributed by atoms with Gasteiger partial charge in [-0.2, -0.15) is 0 Å². The predicted molar refractivity (Wildman–Crippen MR) is 79.2 cm³/mol. The summed E-state index contributed by atoms with van der Waals surface area (Å²) in [6.07, 6.45) is 8.71. The molecule has 0 spiro atoms. The molecule has 0 aliphatic carbocycles. The number of pyridine rings is 1. The molecule has 2 N–H and O–H groups in total. The lowest BCUT2D eigenvalue weighted by Crippen LogP contribution is -2.31. The first kappa shape index (κ1) is 13.6. The van der Waals surface area contributed by atoms with E-state index in [-0.39, 0.29) is 12.1 Å². The summed E-state index contributed by atoms with van der Waals surface area (Å²) >= 11 is 0. The molecule has 20 heavy (non-hydrogen) atoms. The van der Waals surface area contributed by atoms with Crippen LogP contribution in [0.5, 0.6) is 0 Å². The Morgan fingerprint density at radius 2 is 2.05 bits per heavy atom. The second kappa shape index (κ2) is 6.39. The summed E-state index contributed by atoms with van der Waals surface area (Å²) in [4.78, 5) is 15.9. The van der Waals surface area contributed by atoms with E-state index in [1.165, 1.54) is 0 Å². The number of rotatable bonds is 3. The largest absolute Gasteiger partial charge is 0.331 e. The molecule has 2 amide bonds. The lowest BCUT2D eigenvalue weighted by molar-refractivity contribution is 0.249. The van der Waals surface area contributed by atoms with Crippen molar-refractivity contribution < 1.29 is 4.79 Å². The SMILES string of the molecule is C#Cc1cccc(NC(=O)NC(C)c2ccncc2)c1. The number of urea groups is 1. The van der Waals surface area contributed by atoms with Crippen LogP contribution in [0.25, 0.3) is 0 Å². The monoisotopic (exact) mass is 265 g/mol. The van der Waals surface area contributed by atoms with Gasteiger partial charge in [0, 0.05) is 23.6 Å². The molecule has 0 aliphatic rings. The summed E-state index contributed by atoms with van der Waals surface area (Å²) in [6.45, 7) is 1.91. The maximum Gasteiger partial charge on any atom is 0.319 e. The van der Waals surface area contributed by atoms with E-state index < -0.39 is 0 Å². The fraction of sp³-hybridized carbons (Fsp3) is 0.125. The highest BCUT2D eigenvalue weighted by Gasteiger charge is 2.09. The maximum atomic E-state index is 11.9. The molecule has 0 aliphatic heterocycles. The maximum absolute atomic E-state index is 11.9. The Bertz CT molecular complexity index is 632. The highest BCUT2D eigenvalue weighted by atomic mass is 16.2. The summed E-state index contributed by atoms with van der Waals surface area (Å²) in [6, 6.07) is 10.5. The van der Waals surface area contributed by atoms with Gasteiger partial charge in [0.2, 0.25) is 0 Å². The molecule has 0 fully saturated rings. The van der Waals surface area contributed by atoms with E-state index in [4.69, 9.17) is 6.42 Å². The number of anilines is 1. The molecule has 4 nitrogen and oxygen atoms in total. The zero-order valence-electron chi connectivity index (χ0n) is 11.1. The molecule has 0 bridgehead atoms. The van der Waals surface area contributed by atoms with E-state index in [2.05, 4.69) is 21.5 Å². The first-order chi connectivity index (χ1) is 9.69. The first-order valence-electron chi connectivity index (χ1n) is 6.23. The van der Waals surface area contributed by atoms with Gasteiger partial charge in [-0.05, 0) is 42.8 Å². The second-order valence-corrected chi connectivity index (χ2v) is 4.33. The summed E-state index contributed by atoms with van der Waals surface area (Å²) in [5.74, 6) is 2.53. The minimum Gasteiger partial charge on any atom is -0.331 e. The molecule has 0 saturated heterocycles. The standard InChI is InChI=1S/C16H15N3O/c1-3-13-5-4-6-15(11-13)19-16(20)18-12(2)14-7-9-17-10-8-14/h1,4-12H,2H3,(H2,18,19,20). The first-order valence-corrected chi connectivity index (χ1v) is 6.23. The summed E-state index contributed by atoms with van der Waals surface area (Å²) in [5.41, 5.74) is 2.39. The van der Waals surface area contributed by atoms with Crippen molar-refractivity contribution in [2.24, 2.45) is 0 Å². The molecule has 4 heteroatoms. The number of carbonyl (C=O) groups is 1. The van der Waals surface area contributed by atoms with Crippen molar-refractivity contribution >= 4 is 11.7 Å². The van der Waals surface area contributed by atoms with Gasteiger partial charge in [0.15, 0.2) is 0 Å². The van der Waals surface area contributed by atoms with Gasteiger partial charge in [-0.3, -0.25) is 4.98 Å². The highest BCUT2D eigenvalue weighted by Crippen LogP contribution is 2.12. The Kier molecular flexibility index (Phi) is 4.35. The van der Waals surface area contributed by atoms with Gasteiger partial charge in [0.1, 0.15) is 0 Å². The molecule has 1 unspecified atom stereocenters. The minimum absolute atomic E-state index is 0.103. The summed E-state index contributed by atoms with van der Waals surface area (Å²) < 4.78 is 0. The highest BCUT2D eigenvalue weighted by molar-refractivity contribution is 5.89. The molecule has 100 valence electrons. The minimum atomic E-state index is -0.275. The number of terminal acetylenes is 1. The number of benzene rings is 1. The number of hydrogen-bond donors (Lipinski definition) is 2. The van der Waals surface area contributed by atoms with Crippen LogP contribution >= 0.6 is 0 Å². The Balaban J connectivity index is 1.97. The topological polar surface area (TPSA) is 54.0 Å². The normalized spacial score (nSPS) is 11.2. The van der Waals surface area contributed by atoms with Gasteiger partial charge in [-0.25, -0.2) is 4.79 Å². The van der Waals surface area contributed by atoms with Crippen LogP contribution < -0.4 is 10.6 Å². The lowest BCUT2D eigenvalue weighted by atomic mass is 10.1. The third-order valence-corrected chi connectivity index (χ3v) is 2.84. The van der Waals surface area contributed by atoms with E-state index in [0.29, 0.717) is 5.69 Å². The Hall–Kier alpha value is -2.80. The number of carbonyl (C=O) groups excluding carboxylic acids is 1. The molecule has 0 saturated carbocycles. The van der Waals surface area contributed by atoms with Gasteiger partial charge in [-0.1, -0.05) is 12.0 Å². The molecule has 1 aromatic carbocycles. The van der Waals surface area contributed by atoms with E-state index in [9.17, 15) is 4.79 Å². The van der Waals surface area contributed by atoms with Crippen LogP contribution in [0.3, 0.4) is 0 Å². The van der Waals surface area contributed by atoms with E-state index >= 15 is 0 Å². The average Bonchev–Trinajstić information content (AvgIpc) is 2.48. The smallest absolute Gasteiger partial charge is 0.319 e. The fourth-order valence-corrected chi connectivity index (χ4v) is 1.79. The molecular formula is C16H15N3O. The van der Waals surface area contributed by atoms with Gasteiger partial charge < -0.3 is 10.6 Å². The van der Waals surface area contributed by atoms with Gasteiger partial charge >= 0.3 is 6.03 Å².